The van der Waals surface area contributed by atoms with Crippen molar-refractivity contribution in [2.45, 2.75) is 64.0 Å². The summed E-state index contributed by atoms with van der Waals surface area (Å²) in [5, 5.41) is 2.94. The molecule has 5 nitrogen and oxygen atoms in total. The van der Waals surface area contributed by atoms with E-state index in [4.69, 9.17) is 4.74 Å². The van der Waals surface area contributed by atoms with Gasteiger partial charge in [0, 0.05) is 13.1 Å². The largest absolute Gasteiger partial charge is 0.444 e. The summed E-state index contributed by atoms with van der Waals surface area (Å²) in [6.07, 6.45) is 3.96. The molecule has 0 aliphatic carbocycles. The van der Waals surface area contributed by atoms with Crippen LogP contribution in [-0.4, -0.2) is 41.1 Å². The predicted molar refractivity (Wildman–Crippen MR) is 71.8 cm³/mol. The van der Waals surface area contributed by atoms with Crippen LogP contribution in [-0.2, 0) is 9.53 Å². The molecule has 1 atom stereocenters. The van der Waals surface area contributed by atoms with Crippen molar-refractivity contribution >= 4 is 12.0 Å². The first-order chi connectivity index (χ1) is 8.85. The van der Waals surface area contributed by atoms with Crippen LogP contribution >= 0.6 is 0 Å². The Morgan fingerprint density at radius 1 is 1.26 bits per heavy atom. The third-order valence-corrected chi connectivity index (χ3v) is 3.83. The Hall–Kier alpha value is -1.26. The van der Waals surface area contributed by atoms with Gasteiger partial charge in [-0.25, -0.2) is 4.79 Å². The lowest BCUT2D eigenvalue weighted by molar-refractivity contribution is -0.131. The van der Waals surface area contributed by atoms with Gasteiger partial charge in [-0.2, -0.15) is 0 Å². The normalized spacial score (nSPS) is 28.2. The maximum atomic E-state index is 12.4. The van der Waals surface area contributed by atoms with Crippen LogP contribution in [0.3, 0.4) is 0 Å². The van der Waals surface area contributed by atoms with Gasteiger partial charge in [-0.1, -0.05) is 0 Å². The quantitative estimate of drug-likeness (QED) is 0.731. The van der Waals surface area contributed by atoms with Gasteiger partial charge in [0.15, 0.2) is 0 Å². The minimum Gasteiger partial charge on any atom is -0.444 e. The van der Waals surface area contributed by atoms with Crippen molar-refractivity contribution < 1.29 is 14.3 Å². The monoisotopic (exact) mass is 268 g/mol. The number of nitrogens with zero attached hydrogens (tertiary/aromatic N) is 1. The summed E-state index contributed by atoms with van der Waals surface area (Å²) in [6.45, 7) is 6.87. The van der Waals surface area contributed by atoms with Crippen LogP contribution in [0.1, 0.15) is 52.9 Å². The molecule has 2 aliphatic rings. The zero-order chi connectivity index (χ0) is 14.1. The number of nitrogens with one attached hydrogen (secondary N) is 1. The molecular formula is C14H24N2O3. The highest BCUT2D eigenvalue weighted by molar-refractivity contribution is 5.90. The topological polar surface area (TPSA) is 58.6 Å². The molecule has 0 aromatic rings. The first-order valence-electron chi connectivity index (χ1n) is 7.14. The van der Waals surface area contributed by atoms with E-state index < -0.39 is 11.1 Å². The third-order valence-electron chi connectivity index (χ3n) is 3.83. The number of ether oxygens (including phenoxy) is 1. The van der Waals surface area contributed by atoms with Gasteiger partial charge in [0.2, 0.25) is 5.91 Å². The van der Waals surface area contributed by atoms with Gasteiger partial charge in [0.05, 0.1) is 0 Å². The Morgan fingerprint density at radius 2 is 1.95 bits per heavy atom. The number of hydrogen-bond acceptors (Lipinski definition) is 3. The standard InChI is InChI=1S/C14H24N2O3/c1-13(2,3)19-12(18)16-10-6-8-14(16)7-4-5-9-15-11(14)17/h4-10H2,1-3H3,(H,15,17)/t14-/m1/s1. The van der Waals surface area contributed by atoms with E-state index in [9.17, 15) is 9.59 Å². The smallest absolute Gasteiger partial charge is 0.411 e. The van der Waals surface area contributed by atoms with Crippen LogP contribution in [0.15, 0.2) is 0 Å². The first kappa shape index (κ1) is 14.2. The highest BCUT2D eigenvalue weighted by Crippen LogP contribution is 2.36. The summed E-state index contributed by atoms with van der Waals surface area (Å²) < 4.78 is 5.45. The van der Waals surface area contributed by atoms with Crippen molar-refractivity contribution in [3.63, 3.8) is 0 Å². The van der Waals surface area contributed by atoms with Gasteiger partial charge in [-0.05, 0) is 52.9 Å². The van der Waals surface area contributed by atoms with Gasteiger partial charge >= 0.3 is 6.09 Å². The fourth-order valence-electron chi connectivity index (χ4n) is 2.98. The summed E-state index contributed by atoms with van der Waals surface area (Å²) in [6, 6.07) is 0. The van der Waals surface area contributed by atoms with Crippen LogP contribution in [0.4, 0.5) is 4.79 Å². The van der Waals surface area contributed by atoms with E-state index in [0.717, 1.165) is 32.1 Å². The van der Waals surface area contributed by atoms with Gasteiger partial charge in [0.1, 0.15) is 11.1 Å². The molecule has 2 fully saturated rings. The van der Waals surface area contributed by atoms with Crippen molar-refractivity contribution in [1.29, 1.82) is 0 Å². The SMILES string of the molecule is CC(C)(C)OC(=O)N1CCC[C@@]12CCCCNC2=O. The van der Waals surface area contributed by atoms with Crippen LogP contribution < -0.4 is 5.32 Å². The molecule has 0 aromatic heterocycles. The minimum absolute atomic E-state index is 0.00615. The fourth-order valence-corrected chi connectivity index (χ4v) is 2.98. The van der Waals surface area contributed by atoms with Crippen molar-refractivity contribution in [2.75, 3.05) is 13.1 Å². The van der Waals surface area contributed by atoms with E-state index in [2.05, 4.69) is 5.32 Å². The van der Waals surface area contributed by atoms with E-state index in [1.165, 1.54) is 0 Å². The summed E-state index contributed by atoms with van der Waals surface area (Å²) in [7, 11) is 0. The summed E-state index contributed by atoms with van der Waals surface area (Å²) in [4.78, 5) is 26.3. The van der Waals surface area contributed by atoms with Crippen LogP contribution in [0.2, 0.25) is 0 Å². The maximum Gasteiger partial charge on any atom is 0.411 e. The molecule has 0 bridgehead atoms. The van der Waals surface area contributed by atoms with Crippen molar-refractivity contribution in [1.82, 2.24) is 10.2 Å². The lowest BCUT2D eigenvalue weighted by Gasteiger charge is -2.36. The van der Waals surface area contributed by atoms with E-state index in [-0.39, 0.29) is 12.0 Å². The highest BCUT2D eigenvalue weighted by Gasteiger charge is 2.50. The van der Waals surface area contributed by atoms with Crippen molar-refractivity contribution in [3.05, 3.63) is 0 Å². The maximum absolute atomic E-state index is 12.4. The van der Waals surface area contributed by atoms with Crippen LogP contribution in [0, 0.1) is 0 Å². The van der Waals surface area contributed by atoms with Crippen LogP contribution in [0.25, 0.3) is 0 Å². The summed E-state index contributed by atoms with van der Waals surface area (Å²) >= 11 is 0. The molecule has 1 N–H and O–H groups in total. The average molecular weight is 268 g/mol. The van der Waals surface area contributed by atoms with Gasteiger partial charge < -0.3 is 10.1 Å². The second kappa shape index (κ2) is 5.02. The molecule has 0 aromatic carbocycles. The lowest BCUT2D eigenvalue weighted by Crippen LogP contribution is -2.57. The van der Waals surface area contributed by atoms with Crippen molar-refractivity contribution in [2.24, 2.45) is 0 Å². The molecule has 2 saturated heterocycles. The van der Waals surface area contributed by atoms with E-state index >= 15 is 0 Å². The molecule has 5 heteroatoms. The first-order valence-corrected chi connectivity index (χ1v) is 7.14. The third kappa shape index (κ3) is 2.85. The molecule has 1 spiro atoms. The number of rotatable bonds is 0. The average Bonchev–Trinajstić information content (AvgIpc) is 2.62. The molecule has 2 rings (SSSR count). The van der Waals surface area contributed by atoms with E-state index in [1.54, 1.807) is 4.90 Å². The van der Waals surface area contributed by atoms with Crippen LogP contribution in [0.5, 0.6) is 0 Å². The minimum atomic E-state index is -0.668. The number of likely N-dealkylation sites (tertiary alicyclic amines) is 1. The second-order valence-corrected chi connectivity index (χ2v) is 6.48. The Labute approximate surface area is 114 Å². The summed E-state index contributed by atoms with van der Waals surface area (Å²) in [5.74, 6) is -0.00615. The molecule has 19 heavy (non-hydrogen) atoms. The Balaban J connectivity index is 2.19. The zero-order valence-electron chi connectivity index (χ0n) is 12.1. The Morgan fingerprint density at radius 3 is 2.63 bits per heavy atom. The molecule has 2 amide bonds. The van der Waals surface area contributed by atoms with E-state index in [0.29, 0.717) is 13.1 Å². The molecule has 0 radical (unpaired) electrons. The van der Waals surface area contributed by atoms with Crippen molar-refractivity contribution in [3.8, 4) is 0 Å². The predicted octanol–water partition coefficient (Wildman–Crippen LogP) is 2.06. The molecule has 2 heterocycles. The molecule has 0 unspecified atom stereocenters. The van der Waals surface area contributed by atoms with Gasteiger partial charge in [-0.3, -0.25) is 9.69 Å². The fraction of sp³-hybridized carbons (Fsp3) is 0.857. The molecule has 108 valence electrons. The van der Waals surface area contributed by atoms with Gasteiger partial charge in [0.25, 0.3) is 0 Å². The summed E-state index contributed by atoms with van der Waals surface area (Å²) in [5.41, 5.74) is -1.19. The number of carbonyl (C=O) groups is 2. The zero-order valence-corrected chi connectivity index (χ0v) is 12.1. The highest BCUT2D eigenvalue weighted by atomic mass is 16.6. The Bertz CT molecular complexity index is 375. The molecule has 0 saturated carbocycles. The number of amides is 2. The number of carbonyl (C=O) groups excluding carboxylic acids is 2. The van der Waals surface area contributed by atoms with Gasteiger partial charge in [-0.15, -0.1) is 0 Å². The number of hydrogen-bond donors (Lipinski definition) is 1. The second-order valence-electron chi connectivity index (χ2n) is 6.48. The molecular weight excluding hydrogens is 244 g/mol. The lowest BCUT2D eigenvalue weighted by atomic mass is 9.90. The molecule has 2 aliphatic heterocycles. The Kier molecular flexibility index (Phi) is 3.74. The van der Waals surface area contributed by atoms with E-state index in [1.807, 2.05) is 20.8 Å².